The number of aromatic amines is 1. The van der Waals surface area contributed by atoms with Gasteiger partial charge in [0, 0.05) is 17.2 Å². The van der Waals surface area contributed by atoms with Crippen LogP contribution in [0.25, 0.3) is 5.76 Å². The summed E-state index contributed by atoms with van der Waals surface area (Å²) in [7, 11) is 0. The van der Waals surface area contributed by atoms with Gasteiger partial charge in [0.1, 0.15) is 5.75 Å². The van der Waals surface area contributed by atoms with E-state index in [0.717, 1.165) is 19.3 Å². The van der Waals surface area contributed by atoms with Crippen molar-refractivity contribution in [3.63, 3.8) is 0 Å². The number of nitrogens with zero attached hydrogens (tertiary/aromatic N) is 3. The van der Waals surface area contributed by atoms with Gasteiger partial charge >= 0.3 is 0 Å². The summed E-state index contributed by atoms with van der Waals surface area (Å²) in [5.74, 6) is 0.571. The maximum Gasteiger partial charge on any atom is 0.255 e. The Morgan fingerprint density at radius 1 is 1.08 bits per heavy atom. The van der Waals surface area contributed by atoms with Crippen LogP contribution in [0, 0.1) is 0 Å². The van der Waals surface area contributed by atoms with E-state index >= 15 is 0 Å². The van der Waals surface area contributed by atoms with E-state index in [4.69, 9.17) is 9.47 Å². The van der Waals surface area contributed by atoms with Crippen molar-refractivity contribution >= 4 is 17.4 Å². The highest BCUT2D eigenvalue weighted by atomic mass is 16.5. The van der Waals surface area contributed by atoms with Gasteiger partial charge in [0.25, 0.3) is 5.91 Å². The highest BCUT2D eigenvalue weighted by Crippen LogP contribution is 2.31. The Morgan fingerprint density at radius 3 is 2.69 bits per heavy atom. The number of fused-ring (bicyclic) bond motifs is 1. The van der Waals surface area contributed by atoms with Gasteiger partial charge in [-0.3, -0.25) is 9.59 Å². The van der Waals surface area contributed by atoms with Gasteiger partial charge in [-0.05, 0) is 60.7 Å². The smallest absolute Gasteiger partial charge is 0.255 e. The molecule has 9 nitrogen and oxygen atoms in total. The van der Waals surface area contributed by atoms with Gasteiger partial charge in [-0.25, -0.2) is 0 Å². The van der Waals surface area contributed by atoms with E-state index in [1.54, 1.807) is 30.3 Å². The highest BCUT2D eigenvalue weighted by Gasteiger charge is 2.34. The molecule has 1 unspecified atom stereocenters. The minimum absolute atomic E-state index is 0.175. The first kappa shape index (κ1) is 23.2. The molecule has 1 atom stereocenters. The average Bonchev–Trinajstić information content (AvgIpc) is 3.45. The number of H-pyrrole nitrogens is 1. The molecule has 0 saturated carbocycles. The van der Waals surface area contributed by atoms with Gasteiger partial charge in [0.05, 0.1) is 12.3 Å². The zero-order valence-electron chi connectivity index (χ0n) is 19.5. The lowest BCUT2D eigenvalue weighted by Crippen LogP contribution is -2.37. The van der Waals surface area contributed by atoms with E-state index in [9.17, 15) is 9.59 Å². The predicted octanol–water partition coefficient (Wildman–Crippen LogP) is 3.55. The van der Waals surface area contributed by atoms with Crippen LogP contribution in [-0.2, 0) is 16.0 Å². The number of nitrogens with one attached hydrogen (secondary N) is 2. The van der Waals surface area contributed by atoms with E-state index in [1.165, 1.54) is 11.6 Å². The molecule has 1 aliphatic heterocycles. The van der Waals surface area contributed by atoms with E-state index in [0.29, 0.717) is 35.6 Å². The van der Waals surface area contributed by atoms with E-state index in [2.05, 4.69) is 50.2 Å². The van der Waals surface area contributed by atoms with Crippen LogP contribution in [0.3, 0.4) is 0 Å². The Labute approximate surface area is 207 Å². The van der Waals surface area contributed by atoms with Gasteiger partial charge in [-0.1, -0.05) is 42.5 Å². The highest BCUT2D eigenvalue weighted by molar-refractivity contribution is 6.10. The Kier molecular flexibility index (Phi) is 6.98. The summed E-state index contributed by atoms with van der Waals surface area (Å²) < 4.78 is 11.8. The van der Waals surface area contributed by atoms with Gasteiger partial charge in [-0.15, -0.1) is 10.2 Å². The molecule has 3 aromatic rings. The summed E-state index contributed by atoms with van der Waals surface area (Å²) in [5, 5.41) is 16.5. The maximum absolute atomic E-state index is 12.9. The predicted molar refractivity (Wildman–Crippen MR) is 132 cm³/mol. The van der Waals surface area contributed by atoms with Crippen LogP contribution in [0.4, 0.5) is 0 Å². The number of aromatic nitrogens is 4. The van der Waals surface area contributed by atoms with E-state index in [-0.39, 0.29) is 23.3 Å². The van der Waals surface area contributed by atoms with Gasteiger partial charge in [-0.2, -0.15) is 5.21 Å². The number of rotatable bonds is 9. The van der Waals surface area contributed by atoms with Crippen LogP contribution < -0.4 is 10.1 Å². The molecule has 2 aromatic carbocycles. The quantitative estimate of drug-likeness (QED) is 0.447. The van der Waals surface area contributed by atoms with Crippen LogP contribution in [0.15, 0.2) is 84.1 Å². The first-order valence-electron chi connectivity index (χ1n) is 11.8. The number of unbranched alkanes of at least 4 members (excludes halogenated alkanes) is 1. The van der Waals surface area contributed by atoms with Crippen LogP contribution in [0.1, 0.15) is 41.0 Å². The molecular weight excluding hydrogens is 458 g/mol. The fourth-order valence-corrected chi connectivity index (χ4v) is 4.09. The van der Waals surface area contributed by atoms with Crippen molar-refractivity contribution in [1.29, 1.82) is 0 Å². The molecule has 5 rings (SSSR count). The summed E-state index contributed by atoms with van der Waals surface area (Å²) in [4.78, 5) is 25.5. The minimum atomic E-state index is -0.743. The van der Waals surface area contributed by atoms with E-state index < -0.39 is 6.10 Å². The molecule has 1 aliphatic carbocycles. The lowest BCUT2D eigenvalue weighted by molar-refractivity contribution is -0.112. The number of benzene rings is 2. The zero-order valence-corrected chi connectivity index (χ0v) is 19.5. The molecule has 2 heterocycles. The third-order valence-corrected chi connectivity index (χ3v) is 5.94. The normalized spacial score (nSPS) is 16.7. The number of hydrogen-bond acceptors (Lipinski definition) is 7. The molecule has 182 valence electrons. The second-order valence-electron chi connectivity index (χ2n) is 8.43. The number of aryl methyl sites for hydroxylation is 1. The number of carbonyl (C=O) groups excluding carboxylic acids is 2. The molecule has 1 aromatic heterocycles. The monoisotopic (exact) mass is 483 g/mol. The number of amides is 1. The summed E-state index contributed by atoms with van der Waals surface area (Å²) in [6.07, 6.45) is 7.74. The number of hydrogen-bond donors (Lipinski definition) is 2. The number of allylic oxidation sites excluding steroid dienone is 3. The van der Waals surface area contributed by atoms with Crippen molar-refractivity contribution in [3.05, 3.63) is 101 Å². The molecule has 2 N–H and O–H groups in total. The Balaban J connectivity index is 1.14. The topological polar surface area (TPSA) is 119 Å². The summed E-state index contributed by atoms with van der Waals surface area (Å²) >= 11 is 0. The van der Waals surface area contributed by atoms with Crippen molar-refractivity contribution in [2.45, 2.75) is 31.8 Å². The first-order valence-corrected chi connectivity index (χ1v) is 11.8. The number of ether oxygens (including phenoxy) is 2. The fourth-order valence-electron chi connectivity index (χ4n) is 4.09. The maximum atomic E-state index is 12.9. The Hall–Kier alpha value is -4.53. The Bertz CT molecular complexity index is 1310. The molecule has 9 heteroatoms. The molecule has 0 bridgehead atoms. The van der Waals surface area contributed by atoms with Gasteiger partial charge in [0.15, 0.2) is 17.6 Å². The summed E-state index contributed by atoms with van der Waals surface area (Å²) in [5.41, 5.74) is 2.77. The van der Waals surface area contributed by atoms with Gasteiger partial charge in [0.2, 0.25) is 5.82 Å². The van der Waals surface area contributed by atoms with Crippen LogP contribution in [-0.4, -0.2) is 45.0 Å². The second kappa shape index (κ2) is 10.8. The fraction of sp³-hybridized carbons (Fsp3) is 0.222. The van der Waals surface area contributed by atoms with Crippen molar-refractivity contribution in [1.82, 2.24) is 25.9 Å². The largest absolute Gasteiger partial charge is 0.494 e. The van der Waals surface area contributed by atoms with Crippen LogP contribution in [0.5, 0.6) is 5.75 Å². The second-order valence-corrected chi connectivity index (χ2v) is 8.43. The number of tetrazole rings is 1. The molecule has 1 amide bonds. The molecule has 0 fully saturated rings. The lowest BCUT2D eigenvalue weighted by atomic mass is 9.93. The van der Waals surface area contributed by atoms with Crippen molar-refractivity contribution in [3.8, 4) is 5.75 Å². The molecule has 0 radical (unpaired) electrons. The standard InChI is InChI=1S/C27H25N5O4/c33-23-17-24(26-29-31-32-30-26)36-25-21(23)10-6-11-22(25)28-27(34)19-12-14-20(15-13-19)35-16-5-4-9-18-7-2-1-3-8-18/h1-3,7-8,10-15,17,25H,4-6,9,16H2,(H,28,34)(H,29,30,31,32). The van der Waals surface area contributed by atoms with Crippen molar-refractivity contribution in [2.24, 2.45) is 0 Å². The number of carbonyl (C=O) groups is 2. The molecular formula is C27H25N5O4. The zero-order chi connectivity index (χ0) is 24.7. The van der Waals surface area contributed by atoms with Crippen molar-refractivity contribution in [2.75, 3.05) is 6.61 Å². The van der Waals surface area contributed by atoms with Crippen molar-refractivity contribution < 1.29 is 19.1 Å². The molecule has 0 saturated heterocycles. The van der Waals surface area contributed by atoms with Crippen LogP contribution in [0.2, 0.25) is 0 Å². The molecule has 36 heavy (non-hydrogen) atoms. The third-order valence-electron chi connectivity index (χ3n) is 5.94. The lowest BCUT2D eigenvalue weighted by Gasteiger charge is -2.29. The van der Waals surface area contributed by atoms with Gasteiger partial charge < -0.3 is 14.8 Å². The Morgan fingerprint density at radius 2 is 1.92 bits per heavy atom. The molecule has 2 aliphatic rings. The first-order chi connectivity index (χ1) is 17.7. The van der Waals surface area contributed by atoms with Crippen LogP contribution >= 0.6 is 0 Å². The minimum Gasteiger partial charge on any atom is -0.494 e. The van der Waals surface area contributed by atoms with E-state index in [1.807, 2.05) is 12.1 Å². The summed E-state index contributed by atoms with van der Waals surface area (Å²) in [6.45, 7) is 0.615. The SMILES string of the molecule is O=C1C=C(c2nn[nH]n2)OC2C(NC(=O)c3ccc(OCCCCc4ccccc4)cc3)=CCC=C12. The number of ketones is 1. The summed E-state index contributed by atoms with van der Waals surface area (Å²) in [6, 6.07) is 17.4. The molecule has 0 spiro atoms. The third kappa shape index (κ3) is 5.41. The average molecular weight is 484 g/mol.